The number of esters is 1. The molecule has 0 saturated carbocycles. The average Bonchev–Trinajstić information content (AvgIpc) is 1.82. The number of nitrogens with zero attached hydrogens (tertiary/aromatic N) is 1. The fraction of sp³-hybridized carbons (Fsp3) is 0.875. The lowest BCUT2D eigenvalue weighted by molar-refractivity contribution is -0.146. The van der Waals surface area contributed by atoms with Gasteiger partial charge in [0, 0.05) is 6.04 Å². The van der Waals surface area contributed by atoms with E-state index in [0.717, 1.165) is 0 Å². The van der Waals surface area contributed by atoms with Crippen LogP contribution in [0.25, 0.3) is 0 Å². The molecule has 0 N–H and O–H groups in total. The van der Waals surface area contributed by atoms with E-state index in [4.69, 9.17) is 4.74 Å². The highest BCUT2D eigenvalue weighted by molar-refractivity contribution is 5.71. The van der Waals surface area contributed by atoms with Crippen molar-refractivity contribution in [3.05, 3.63) is 0 Å². The van der Waals surface area contributed by atoms with E-state index in [2.05, 4.69) is 5.32 Å². The standard InChI is InChI=1S/C8H16NO2/c1-6(2)9-5-8(10)11-7(3)4/h6-7H,5H2,1-4H3. The quantitative estimate of drug-likeness (QED) is 0.571. The van der Waals surface area contributed by atoms with Crippen LogP contribution in [0.15, 0.2) is 0 Å². The Kier molecular flexibility index (Phi) is 4.86. The molecule has 0 saturated heterocycles. The first-order valence-corrected chi connectivity index (χ1v) is 3.88. The van der Waals surface area contributed by atoms with Gasteiger partial charge in [-0.25, -0.2) is 5.32 Å². The van der Waals surface area contributed by atoms with Crippen LogP contribution in [-0.4, -0.2) is 24.7 Å². The van der Waals surface area contributed by atoms with Crippen LogP contribution in [0.4, 0.5) is 0 Å². The minimum atomic E-state index is -0.242. The summed E-state index contributed by atoms with van der Waals surface area (Å²) in [5.74, 6) is -0.242. The highest BCUT2D eigenvalue weighted by atomic mass is 16.5. The number of carbonyl (C=O) groups is 1. The first-order valence-electron chi connectivity index (χ1n) is 3.88. The third-order valence-corrected chi connectivity index (χ3v) is 0.953. The monoisotopic (exact) mass is 158 g/mol. The van der Waals surface area contributed by atoms with Gasteiger partial charge in [0.15, 0.2) is 0 Å². The van der Waals surface area contributed by atoms with Crippen molar-refractivity contribution >= 4 is 5.97 Å². The molecule has 0 aliphatic heterocycles. The zero-order chi connectivity index (χ0) is 8.85. The number of hydrogen-bond acceptors (Lipinski definition) is 2. The molecule has 0 aromatic heterocycles. The van der Waals surface area contributed by atoms with E-state index in [0.29, 0.717) is 0 Å². The van der Waals surface area contributed by atoms with Crippen LogP contribution in [0, 0.1) is 0 Å². The zero-order valence-corrected chi connectivity index (χ0v) is 7.63. The number of hydrogen-bond donors (Lipinski definition) is 0. The van der Waals surface area contributed by atoms with Crippen molar-refractivity contribution in [2.24, 2.45) is 0 Å². The molecular weight excluding hydrogens is 142 g/mol. The minimum absolute atomic E-state index is 0.0372. The third-order valence-electron chi connectivity index (χ3n) is 0.953. The van der Waals surface area contributed by atoms with Crippen LogP contribution in [0.5, 0.6) is 0 Å². The summed E-state index contributed by atoms with van der Waals surface area (Å²) in [6.07, 6.45) is -0.0372. The van der Waals surface area contributed by atoms with Crippen molar-refractivity contribution in [1.29, 1.82) is 0 Å². The Morgan fingerprint density at radius 2 is 1.91 bits per heavy atom. The fourth-order valence-corrected chi connectivity index (χ4v) is 0.557. The molecule has 3 nitrogen and oxygen atoms in total. The molecule has 0 rings (SSSR count). The fourth-order valence-electron chi connectivity index (χ4n) is 0.557. The highest BCUT2D eigenvalue weighted by Crippen LogP contribution is 1.89. The first-order chi connectivity index (χ1) is 5.02. The van der Waals surface area contributed by atoms with Gasteiger partial charge in [-0.15, -0.1) is 0 Å². The number of carbonyl (C=O) groups excluding carboxylic acids is 1. The van der Waals surface area contributed by atoms with Gasteiger partial charge in [-0.3, -0.25) is 4.79 Å². The molecular formula is C8H16NO2. The molecule has 0 spiro atoms. The predicted octanol–water partition coefficient (Wildman–Crippen LogP) is 0.951. The molecule has 3 heteroatoms. The molecule has 0 atom stereocenters. The second kappa shape index (κ2) is 5.13. The normalized spacial score (nSPS) is 10.7. The Morgan fingerprint density at radius 1 is 1.36 bits per heavy atom. The first kappa shape index (κ1) is 10.4. The molecule has 0 aliphatic carbocycles. The second-order valence-electron chi connectivity index (χ2n) is 2.97. The largest absolute Gasteiger partial charge is 0.462 e. The summed E-state index contributed by atoms with van der Waals surface area (Å²) >= 11 is 0. The van der Waals surface area contributed by atoms with Gasteiger partial charge < -0.3 is 4.74 Å². The Labute approximate surface area is 68.1 Å². The van der Waals surface area contributed by atoms with Crippen LogP contribution in [0.1, 0.15) is 27.7 Å². The summed E-state index contributed by atoms with van der Waals surface area (Å²) < 4.78 is 4.87. The summed E-state index contributed by atoms with van der Waals surface area (Å²) in [5.41, 5.74) is 0. The average molecular weight is 158 g/mol. The van der Waals surface area contributed by atoms with E-state index in [1.807, 2.05) is 27.7 Å². The van der Waals surface area contributed by atoms with Gasteiger partial charge in [0.1, 0.15) is 6.54 Å². The van der Waals surface area contributed by atoms with E-state index < -0.39 is 0 Å². The number of rotatable bonds is 4. The smallest absolute Gasteiger partial charge is 0.321 e. The number of ether oxygens (including phenoxy) is 1. The van der Waals surface area contributed by atoms with E-state index >= 15 is 0 Å². The zero-order valence-electron chi connectivity index (χ0n) is 7.63. The Hall–Kier alpha value is -0.570. The summed E-state index contributed by atoms with van der Waals surface area (Å²) in [4.78, 5) is 10.8. The molecule has 0 unspecified atom stereocenters. The van der Waals surface area contributed by atoms with E-state index in [9.17, 15) is 4.79 Å². The Balaban J connectivity index is 3.38. The minimum Gasteiger partial charge on any atom is -0.462 e. The topological polar surface area (TPSA) is 40.4 Å². The second-order valence-corrected chi connectivity index (χ2v) is 2.97. The van der Waals surface area contributed by atoms with Gasteiger partial charge >= 0.3 is 5.97 Å². The SMILES string of the molecule is CC(C)[N]CC(=O)OC(C)C. The van der Waals surface area contributed by atoms with Crippen molar-refractivity contribution in [3.63, 3.8) is 0 Å². The van der Waals surface area contributed by atoms with Gasteiger partial charge in [-0.2, -0.15) is 0 Å². The molecule has 11 heavy (non-hydrogen) atoms. The molecule has 1 radical (unpaired) electrons. The van der Waals surface area contributed by atoms with Gasteiger partial charge in [-0.05, 0) is 27.7 Å². The molecule has 0 heterocycles. The summed E-state index contributed by atoms with van der Waals surface area (Å²) in [6, 6.07) is 0.203. The molecule has 0 aromatic carbocycles. The van der Waals surface area contributed by atoms with Crippen LogP contribution in [-0.2, 0) is 9.53 Å². The molecule has 0 fully saturated rings. The predicted molar refractivity (Wildman–Crippen MR) is 43.4 cm³/mol. The summed E-state index contributed by atoms with van der Waals surface area (Å²) in [5, 5.41) is 4.00. The van der Waals surface area contributed by atoms with Gasteiger partial charge in [-0.1, -0.05) is 0 Å². The Bertz CT molecular complexity index is 121. The van der Waals surface area contributed by atoms with Crippen LogP contribution in [0.3, 0.4) is 0 Å². The van der Waals surface area contributed by atoms with E-state index in [-0.39, 0.29) is 24.7 Å². The van der Waals surface area contributed by atoms with Crippen molar-refractivity contribution in [2.75, 3.05) is 6.54 Å². The van der Waals surface area contributed by atoms with Gasteiger partial charge in [0.25, 0.3) is 0 Å². The molecule has 0 amide bonds. The maximum atomic E-state index is 10.8. The lowest BCUT2D eigenvalue weighted by Crippen LogP contribution is -2.25. The molecule has 65 valence electrons. The Morgan fingerprint density at radius 3 is 2.27 bits per heavy atom. The molecule has 0 aromatic rings. The van der Waals surface area contributed by atoms with Crippen LogP contribution in [0.2, 0.25) is 0 Å². The lowest BCUT2D eigenvalue weighted by Gasteiger charge is -2.08. The summed E-state index contributed by atoms with van der Waals surface area (Å²) in [6.45, 7) is 7.70. The van der Waals surface area contributed by atoms with Crippen molar-refractivity contribution < 1.29 is 9.53 Å². The van der Waals surface area contributed by atoms with Crippen molar-refractivity contribution in [3.8, 4) is 0 Å². The van der Waals surface area contributed by atoms with E-state index in [1.54, 1.807) is 0 Å². The summed E-state index contributed by atoms with van der Waals surface area (Å²) in [7, 11) is 0. The van der Waals surface area contributed by atoms with Crippen molar-refractivity contribution in [2.45, 2.75) is 39.8 Å². The third kappa shape index (κ3) is 7.33. The highest BCUT2D eigenvalue weighted by Gasteiger charge is 2.05. The molecule has 0 aliphatic rings. The molecule has 0 bridgehead atoms. The maximum absolute atomic E-state index is 10.8. The van der Waals surface area contributed by atoms with Gasteiger partial charge in [0.2, 0.25) is 0 Å². The van der Waals surface area contributed by atoms with Gasteiger partial charge in [0.05, 0.1) is 6.10 Å². The van der Waals surface area contributed by atoms with Crippen LogP contribution >= 0.6 is 0 Å². The van der Waals surface area contributed by atoms with E-state index in [1.165, 1.54) is 0 Å². The lowest BCUT2D eigenvalue weighted by atomic mass is 10.4. The maximum Gasteiger partial charge on any atom is 0.321 e. The van der Waals surface area contributed by atoms with Crippen molar-refractivity contribution in [1.82, 2.24) is 5.32 Å². The van der Waals surface area contributed by atoms with Crippen LogP contribution < -0.4 is 5.32 Å².